The van der Waals surface area contributed by atoms with Crippen molar-refractivity contribution in [2.75, 3.05) is 47.1 Å². The number of carbonyl (C=O) groups is 1. The molecule has 0 aliphatic carbocycles. The van der Waals surface area contributed by atoms with E-state index in [4.69, 9.17) is 24.0 Å². The smallest absolute Gasteiger partial charge is 0.257 e. The van der Waals surface area contributed by atoms with Gasteiger partial charge < -0.3 is 18.9 Å². The molecule has 5 rings (SSSR count). The maximum absolute atomic E-state index is 13.7. The molecule has 36 heavy (non-hydrogen) atoms. The van der Waals surface area contributed by atoms with Crippen LogP contribution in [0, 0.1) is 13.8 Å². The highest BCUT2D eigenvalue weighted by Gasteiger charge is 2.41. The van der Waals surface area contributed by atoms with Gasteiger partial charge in [0.1, 0.15) is 11.5 Å². The third-order valence-electron chi connectivity index (χ3n) is 7.45. The molecule has 1 spiro atoms. The fourth-order valence-electron chi connectivity index (χ4n) is 5.48. The van der Waals surface area contributed by atoms with E-state index in [1.807, 2.05) is 18.2 Å². The quantitative estimate of drug-likeness (QED) is 0.609. The second-order valence-corrected chi connectivity index (χ2v) is 9.81. The minimum absolute atomic E-state index is 0.0261. The van der Waals surface area contributed by atoms with Gasteiger partial charge in [0.15, 0.2) is 5.79 Å². The molecule has 1 amide bonds. The zero-order chi connectivity index (χ0) is 25.3. The molecule has 0 N–H and O–H groups in total. The lowest BCUT2D eigenvalue weighted by Crippen LogP contribution is -2.48. The molecule has 0 aromatic heterocycles. The topological polar surface area (TPSA) is 72.8 Å². The van der Waals surface area contributed by atoms with Crippen LogP contribution in [-0.2, 0) is 14.3 Å². The van der Waals surface area contributed by atoms with Gasteiger partial charge in [0.05, 0.1) is 45.7 Å². The minimum Gasteiger partial charge on any atom is -0.497 e. The van der Waals surface area contributed by atoms with Crippen LogP contribution in [0.2, 0.25) is 0 Å². The number of piperidine rings is 1. The van der Waals surface area contributed by atoms with Gasteiger partial charge in [-0.3, -0.25) is 9.69 Å². The number of rotatable bonds is 6. The lowest BCUT2D eigenvalue weighted by atomic mass is 9.94. The third kappa shape index (κ3) is 4.85. The molecule has 3 aliphatic heterocycles. The first-order valence-corrected chi connectivity index (χ1v) is 12.6. The number of hydrogen-bond acceptors (Lipinski definition) is 7. The molecule has 2 fully saturated rings. The fourth-order valence-corrected chi connectivity index (χ4v) is 5.48. The van der Waals surface area contributed by atoms with E-state index in [-0.39, 0.29) is 11.9 Å². The van der Waals surface area contributed by atoms with Gasteiger partial charge >= 0.3 is 0 Å². The summed E-state index contributed by atoms with van der Waals surface area (Å²) in [6.45, 7) is 7.28. The maximum atomic E-state index is 13.7. The van der Waals surface area contributed by atoms with Crippen molar-refractivity contribution in [1.82, 2.24) is 9.91 Å². The first-order chi connectivity index (χ1) is 17.4. The van der Waals surface area contributed by atoms with Crippen LogP contribution in [-0.4, -0.2) is 74.4 Å². The molecule has 192 valence electrons. The summed E-state index contributed by atoms with van der Waals surface area (Å²) in [4.78, 5) is 15.9. The largest absolute Gasteiger partial charge is 0.497 e. The lowest BCUT2D eigenvalue weighted by molar-refractivity contribution is -0.186. The number of benzene rings is 2. The predicted molar refractivity (Wildman–Crippen MR) is 137 cm³/mol. The highest BCUT2D eigenvalue weighted by Crippen LogP contribution is 2.40. The molecule has 0 unspecified atom stereocenters. The van der Waals surface area contributed by atoms with E-state index in [1.54, 1.807) is 19.2 Å². The zero-order valence-electron chi connectivity index (χ0n) is 21.6. The van der Waals surface area contributed by atoms with Crippen LogP contribution in [0.1, 0.15) is 47.6 Å². The molecular weight excluding hydrogens is 458 g/mol. The lowest BCUT2D eigenvalue weighted by Gasteiger charge is -2.37. The normalized spacial score (nSPS) is 21.6. The van der Waals surface area contributed by atoms with Crippen molar-refractivity contribution in [2.45, 2.75) is 44.9 Å². The van der Waals surface area contributed by atoms with Crippen LogP contribution in [0.15, 0.2) is 41.5 Å². The molecule has 2 aromatic rings. The van der Waals surface area contributed by atoms with Gasteiger partial charge in [-0.15, -0.1) is 0 Å². The summed E-state index contributed by atoms with van der Waals surface area (Å²) in [5.41, 5.74) is 5.26. The van der Waals surface area contributed by atoms with Gasteiger partial charge in [-0.05, 0) is 31.5 Å². The predicted octanol–water partition coefficient (Wildman–Crippen LogP) is 3.84. The molecule has 2 aromatic carbocycles. The summed E-state index contributed by atoms with van der Waals surface area (Å²) in [6, 6.07) is 11.8. The molecule has 3 heterocycles. The van der Waals surface area contributed by atoms with Crippen molar-refractivity contribution in [2.24, 2.45) is 5.10 Å². The Kier molecular flexibility index (Phi) is 7.01. The van der Waals surface area contributed by atoms with Crippen LogP contribution >= 0.6 is 0 Å². The van der Waals surface area contributed by atoms with E-state index >= 15 is 0 Å². The van der Waals surface area contributed by atoms with E-state index in [2.05, 4.69) is 36.9 Å². The molecule has 2 saturated heterocycles. The molecule has 8 heteroatoms. The Bertz CT molecular complexity index is 1150. The molecule has 0 bridgehead atoms. The summed E-state index contributed by atoms with van der Waals surface area (Å²) < 4.78 is 22.8. The summed E-state index contributed by atoms with van der Waals surface area (Å²) >= 11 is 0. The van der Waals surface area contributed by atoms with Crippen molar-refractivity contribution < 1.29 is 23.7 Å². The van der Waals surface area contributed by atoms with E-state index in [1.165, 1.54) is 5.56 Å². The van der Waals surface area contributed by atoms with Crippen molar-refractivity contribution in [3.63, 3.8) is 0 Å². The van der Waals surface area contributed by atoms with E-state index in [9.17, 15) is 4.79 Å². The van der Waals surface area contributed by atoms with Crippen LogP contribution in [0.5, 0.6) is 11.5 Å². The summed E-state index contributed by atoms with van der Waals surface area (Å²) in [6.07, 6.45) is 2.16. The minimum atomic E-state index is -0.458. The van der Waals surface area contributed by atoms with Gasteiger partial charge in [0, 0.05) is 49.5 Å². The van der Waals surface area contributed by atoms with E-state index in [0.717, 1.165) is 48.3 Å². The molecule has 0 saturated carbocycles. The average Bonchev–Trinajstić information content (AvgIpc) is 3.53. The van der Waals surface area contributed by atoms with Gasteiger partial charge in [0.25, 0.3) is 5.91 Å². The first kappa shape index (κ1) is 24.7. The van der Waals surface area contributed by atoms with Crippen molar-refractivity contribution >= 4 is 11.6 Å². The summed E-state index contributed by atoms with van der Waals surface area (Å²) in [5.74, 6) is 0.910. The number of likely N-dealkylation sites (tertiary alicyclic amines) is 1. The second-order valence-electron chi connectivity index (χ2n) is 9.81. The zero-order valence-corrected chi connectivity index (χ0v) is 21.6. The Morgan fingerprint density at radius 2 is 1.81 bits per heavy atom. The maximum Gasteiger partial charge on any atom is 0.257 e. The Morgan fingerprint density at radius 3 is 2.47 bits per heavy atom. The average molecular weight is 494 g/mol. The molecule has 0 radical (unpaired) electrons. The van der Waals surface area contributed by atoms with Gasteiger partial charge in [0.2, 0.25) is 0 Å². The number of methoxy groups -OCH3 is 2. The van der Waals surface area contributed by atoms with Crippen molar-refractivity contribution in [3.05, 3.63) is 58.7 Å². The van der Waals surface area contributed by atoms with Crippen LogP contribution in [0.3, 0.4) is 0 Å². The first-order valence-electron chi connectivity index (χ1n) is 12.6. The second kappa shape index (κ2) is 10.2. The van der Waals surface area contributed by atoms with Gasteiger partial charge in [-0.25, -0.2) is 5.01 Å². The third-order valence-corrected chi connectivity index (χ3v) is 7.45. The van der Waals surface area contributed by atoms with Gasteiger partial charge in [-0.1, -0.05) is 23.8 Å². The number of aryl methyl sites for hydroxylation is 2. The number of hydrogen-bond donors (Lipinski definition) is 0. The molecular formula is C28H35N3O5. The standard InChI is InChI=1S/C28H35N3O5/c1-19-5-7-22(20(2)15-19)24-17-25(23-8-6-21(33-3)16-26(23)34-4)31(29-24)27(32)18-30-11-9-28(10-12-30)35-13-14-36-28/h5-8,15-16,25H,9-14,17-18H2,1-4H3/t25-/m1/s1. The highest BCUT2D eigenvalue weighted by atomic mass is 16.7. The molecule has 3 aliphatic rings. The number of hydrazone groups is 1. The number of carbonyl (C=O) groups excluding carboxylic acids is 1. The summed E-state index contributed by atoms with van der Waals surface area (Å²) in [7, 11) is 3.27. The van der Waals surface area contributed by atoms with Crippen LogP contribution in [0.25, 0.3) is 0 Å². The Hall–Kier alpha value is -2.94. The SMILES string of the molecule is COc1ccc([C@H]2CC(c3ccc(C)cc3C)=NN2C(=O)CN2CCC3(CC2)OCCO3)c(OC)c1. The number of nitrogens with zero attached hydrogens (tertiary/aromatic N) is 3. The Balaban J connectivity index is 1.41. The number of ether oxygens (including phenoxy) is 4. The van der Waals surface area contributed by atoms with E-state index in [0.29, 0.717) is 37.7 Å². The van der Waals surface area contributed by atoms with Crippen molar-refractivity contribution in [3.8, 4) is 11.5 Å². The Labute approximate surface area is 212 Å². The monoisotopic (exact) mass is 493 g/mol. The number of amides is 1. The van der Waals surface area contributed by atoms with Gasteiger partial charge in [-0.2, -0.15) is 5.10 Å². The van der Waals surface area contributed by atoms with Crippen LogP contribution in [0.4, 0.5) is 0 Å². The van der Waals surface area contributed by atoms with E-state index < -0.39 is 5.79 Å². The Morgan fingerprint density at radius 1 is 1.06 bits per heavy atom. The fraction of sp³-hybridized carbons (Fsp3) is 0.500. The van der Waals surface area contributed by atoms with Crippen molar-refractivity contribution in [1.29, 1.82) is 0 Å². The summed E-state index contributed by atoms with van der Waals surface area (Å²) in [5, 5.41) is 6.56. The van der Waals surface area contributed by atoms with Crippen LogP contribution < -0.4 is 9.47 Å². The highest BCUT2D eigenvalue weighted by molar-refractivity contribution is 6.04. The molecule has 1 atom stereocenters. The molecule has 8 nitrogen and oxygen atoms in total.